The van der Waals surface area contributed by atoms with Gasteiger partial charge in [0.25, 0.3) is 5.56 Å². The van der Waals surface area contributed by atoms with Gasteiger partial charge in [-0.05, 0) is 6.92 Å². The van der Waals surface area contributed by atoms with Crippen LogP contribution < -0.4 is 28.1 Å². The number of H-pyrrole nitrogens is 1. The zero-order chi connectivity index (χ0) is 10.7. The van der Waals surface area contributed by atoms with Gasteiger partial charge in [0, 0.05) is 12.6 Å². The molecule has 0 spiro atoms. The van der Waals surface area contributed by atoms with Gasteiger partial charge in [0.15, 0.2) is 5.82 Å². The van der Waals surface area contributed by atoms with Gasteiger partial charge in [-0.3, -0.25) is 9.78 Å². The van der Waals surface area contributed by atoms with Crippen molar-refractivity contribution < 1.29 is 0 Å². The molecule has 0 unspecified atom stereocenters. The van der Waals surface area contributed by atoms with E-state index in [4.69, 9.17) is 17.2 Å². The van der Waals surface area contributed by atoms with Crippen LogP contribution in [0.15, 0.2) is 4.79 Å². The lowest BCUT2D eigenvalue weighted by Gasteiger charge is -2.09. The maximum absolute atomic E-state index is 11.1. The van der Waals surface area contributed by atoms with E-state index in [9.17, 15) is 4.79 Å². The van der Waals surface area contributed by atoms with Crippen LogP contribution in [-0.4, -0.2) is 22.6 Å². The highest BCUT2D eigenvalue weighted by Gasteiger charge is 2.06. The number of aromatic nitrogens is 2. The number of nitrogen functional groups attached to an aromatic ring is 2. The number of anilines is 3. The molecule has 0 aliphatic heterocycles. The Morgan fingerprint density at radius 2 is 2.21 bits per heavy atom. The Morgan fingerprint density at radius 3 is 2.79 bits per heavy atom. The third-order valence-electron chi connectivity index (χ3n) is 1.57. The highest BCUT2D eigenvalue weighted by Crippen LogP contribution is 2.09. The maximum atomic E-state index is 11.1. The molecule has 0 saturated carbocycles. The molecule has 7 nitrogen and oxygen atoms in total. The molecule has 14 heavy (non-hydrogen) atoms. The number of nitrogens with one attached hydrogen (secondary N) is 2. The van der Waals surface area contributed by atoms with Crippen LogP contribution in [0, 0.1) is 0 Å². The van der Waals surface area contributed by atoms with E-state index in [0.717, 1.165) is 0 Å². The number of hydrogen-bond acceptors (Lipinski definition) is 6. The molecule has 0 aliphatic carbocycles. The van der Waals surface area contributed by atoms with Crippen LogP contribution in [-0.2, 0) is 0 Å². The van der Waals surface area contributed by atoms with Gasteiger partial charge < -0.3 is 22.5 Å². The van der Waals surface area contributed by atoms with Crippen LogP contribution >= 0.6 is 0 Å². The van der Waals surface area contributed by atoms with Crippen molar-refractivity contribution in [3.63, 3.8) is 0 Å². The smallest absolute Gasteiger partial charge is 0.277 e. The molecule has 0 bridgehead atoms. The van der Waals surface area contributed by atoms with E-state index in [-0.39, 0.29) is 23.5 Å². The minimum Gasteiger partial charge on any atom is -0.391 e. The van der Waals surface area contributed by atoms with Crippen molar-refractivity contribution in [3.05, 3.63) is 10.4 Å². The average Bonchev–Trinajstić information content (AvgIpc) is 2.08. The van der Waals surface area contributed by atoms with Gasteiger partial charge in [0.05, 0.1) is 0 Å². The summed E-state index contributed by atoms with van der Waals surface area (Å²) in [7, 11) is 0. The van der Waals surface area contributed by atoms with Gasteiger partial charge in [-0.25, -0.2) is 0 Å². The lowest BCUT2D eigenvalue weighted by atomic mass is 10.3. The Kier molecular flexibility index (Phi) is 2.92. The SMILES string of the molecule is C[C@H](N)CNc1nc(N)[nH]c(=O)c1N. The van der Waals surface area contributed by atoms with Crippen molar-refractivity contribution in [2.45, 2.75) is 13.0 Å². The van der Waals surface area contributed by atoms with Crippen LogP contribution in [0.4, 0.5) is 17.5 Å². The number of nitrogens with zero attached hydrogens (tertiary/aromatic N) is 1. The molecular formula is C7H14N6O. The Bertz CT molecular complexity index is 371. The normalized spacial score (nSPS) is 12.4. The first kappa shape index (κ1) is 10.3. The molecule has 1 rings (SSSR count). The van der Waals surface area contributed by atoms with Gasteiger partial charge in [0.1, 0.15) is 5.69 Å². The number of aromatic amines is 1. The topological polar surface area (TPSA) is 136 Å². The zero-order valence-corrected chi connectivity index (χ0v) is 7.87. The Balaban J connectivity index is 2.91. The molecule has 1 aromatic heterocycles. The molecule has 8 N–H and O–H groups in total. The van der Waals surface area contributed by atoms with Gasteiger partial charge in [0.2, 0.25) is 5.95 Å². The molecular weight excluding hydrogens is 184 g/mol. The summed E-state index contributed by atoms with van der Waals surface area (Å²) in [5.74, 6) is 0.292. The van der Waals surface area contributed by atoms with Gasteiger partial charge in [-0.2, -0.15) is 4.98 Å². The van der Waals surface area contributed by atoms with Crippen LogP contribution in [0.25, 0.3) is 0 Å². The molecule has 0 aromatic carbocycles. The maximum Gasteiger partial charge on any atom is 0.277 e. The second kappa shape index (κ2) is 3.97. The van der Waals surface area contributed by atoms with E-state index in [1.807, 2.05) is 6.92 Å². The van der Waals surface area contributed by atoms with Crippen molar-refractivity contribution in [1.82, 2.24) is 9.97 Å². The highest BCUT2D eigenvalue weighted by molar-refractivity contribution is 5.61. The molecule has 1 atom stereocenters. The highest BCUT2D eigenvalue weighted by atomic mass is 16.1. The first-order valence-corrected chi connectivity index (χ1v) is 4.15. The molecule has 7 heteroatoms. The van der Waals surface area contributed by atoms with Crippen molar-refractivity contribution in [3.8, 4) is 0 Å². The zero-order valence-electron chi connectivity index (χ0n) is 7.87. The Labute approximate surface area is 80.7 Å². The van der Waals surface area contributed by atoms with Crippen molar-refractivity contribution in [2.24, 2.45) is 5.73 Å². The average molecular weight is 198 g/mol. The summed E-state index contributed by atoms with van der Waals surface area (Å²) in [5, 5.41) is 2.83. The monoisotopic (exact) mass is 198 g/mol. The molecule has 0 saturated heterocycles. The standard InChI is InChI=1S/C7H14N6O/c1-3(8)2-11-5-4(9)6(14)13-7(10)12-5/h3H,2,8-9H2,1H3,(H4,10,11,12,13,14)/t3-/m0/s1. The fraction of sp³-hybridized carbons (Fsp3) is 0.429. The lowest BCUT2D eigenvalue weighted by Crippen LogP contribution is -2.27. The van der Waals surface area contributed by atoms with E-state index >= 15 is 0 Å². The summed E-state index contributed by atoms with van der Waals surface area (Å²) in [4.78, 5) is 17.3. The second-order valence-corrected chi connectivity index (χ2v) is 3.07. The summed E-state index contributed by atoms with van der Waals surface area (Å²) in [6, 6.07) is -0.0586. The molecule has 1 heterocycles. The Hall–Kier alpha value is -1.76. The quantitative estimate of drug-likeness (QED) is 0.409. The predicted octanol–water partition coefficient (Wildman–Crippen LogP) is -1.31. The molecule has 0 amide bonds. The molecule has 0 aliphatic rings. The summed E-state index contributed by atoms with van der Waals surface area (Å²) < 4.78 is 0. The number of hydrogen-bond donors (Lipinski definition) is 5. The van der Waals surface area contributed by atoms with E-state index in [1.54, 1.807) is 0 Å². The van der Waals surface area contributed by atoms with Crippen molar-refractivity contribution >= 4 is 17.5 Å². The third-order valence-corrected chi connectivity index (χ3v) is 1.57. The van der Waals surface area contributed by atoms with Crippen molar-refractivity contribution in [1.29, 1.82) is 0 Å². The van der Waals surface area contributed by atoms with Gasteiger partial charge >= 0.3 is 0 Å². The molecule has 0 radical (unpaired) electrons. The minimum absolute atomic E-state index is 0.0138. The summed E-state index contributed by atoms with van der Waals surface area (Å²) in [6.45, 7) is 2.29. The van der Waals surface area contributed by atoms with E-state index < -0.39 is 5.56 Å². The second-order valence-electron chi connectivity index (χ2n) is 3.07. The summed E-state index contributed by atoms with van der Waals surface area (Å²) in [5.41, 5.74) is 15.9. The fourth-order valence-electron chi connectivity index (χ4n) is 0.892. The number of rotatable bonds is 3. The lowest BCUT2D eigenvalue weighted by molar-refractivity contribution is 0.777. The van der Waals surface area contributed by atoms with Crippen LogP contribution in [0.1, 0.15) is 6.92 Å². The van der Waals surface area contributed by atoms with E-state index in [1.165, 1.54) is 0 Å². The van der Waals surface area contributed by atoms with Gasteiger partial charge in [-0.15, -0.1) is 0 Å². The van der Waals surface area contributed by atoms with Crippen molar-refractivity contribution in [2.75, 3.05) is 23.3 Å². The van der Waals surface area contributed by atoms with E-state index in [0.29, 0.717) is 6.54 Å². The first-order chi connectivity index (χ1) is 6.50. The fourth-order valence-corrected chi connectivity index (χ4v) is 0.892. The summed E-state index contributed by atoms with van der Waals surface area (Å²) in [6.07, 6.45) is 0. The van der Waals surface area contributed by atoms with Crippen LogP contribution in [0.2, 0.25) is 0 Å². The molecule has 78 valence electrons. The first-order valence-electron chi connectivity index (χ1n) is 4.15. The van der Waals surface area contributed by atoms with Crippen LogP contribution in [0.3, 0.4) is 0 Å². The third kappa shape index (κ3) is 2.36. The Morgan fingerprint density at radius 1 is 1.57 bits per heavy atom. The largest absolute Gasteiger partial charge is 0.391 e. The predicted molar refractivity (Wildman–Crippen MR) is 55.8 cm³/mol. The minimum atomic E-state index is -0.454. The van der Waals surface area contributed by atoms with Crippen LogP contribution in [0.5, 0.6) is 0 Å². The molecule has 0 fully saturated rings. The molecule has 1 aromatic rings. The summed E-state index contributed by atoms with van der Waals surface area (Å²) >= 11 is 0. The van der Waals surface area contributed by atoms with E-state index in [2.05, 4.69) is 15.3 Å². The van der Waals surface area contributed by atoms with Gasteiger partial charge in [-0.1, -0.05) is 0 Å². The number of nitrogens with two attached hydrogens (primary N) is 3.